The molecule has 0 bridgehead atoms. The molecular formula is C10H17Cl2N2O2+. The van der Waals surface area contributed by atoms with Gasteiger partial charge in [-0.25, -0.2) is 4.58 Å². The Kier molecular flexibility index (Phi) is 6.13. The second-order valence-corrected chi connectivity index (χ2v) is 4.36. The van der Waals surface area contributed by atoms with Crippen molar-refractivity contribution in [2.75, 3.05) is 31.4 Å². The van der Waals surface area contributed by atoms with E-state index < -0.39 is 12.2 Å². The van der Waals surface area contributed by atoms with Gasteiger partial charge in [0.1, 0.15) is 6.10 Å². The predicted molar refractivity (Wildman–Crippen MR) is 65.4 cm³/mol. The first kappa shape index (κ1) is 13.8. The standard InChI is InChI=1S/C10H17Cl2N2O2/c11-5-9(15)7-13-1-2-14(4-3-13)8-10(16)6-12/h1-3,9-10,15-16H,4-8H2/q+1. The summed E-state index contributed by atoms with van der Waals surface area (Å²) in [6.07, 6.45) is 4.62. The number of aliphatic hydroxyl groups is 2. The van der Waals surface area contributed by atoms with Crippen LogP contribution in [0.25, 0.3) is 0 Å². The van der Waals surface area contributed by atoms with Crippen LogP contribution in [0.1, 0.15) is 0 Å². The number of β-amino-alcohol motifs (C(OH)–C–C–N with tert-alkyl or cyclic N) is 2. The Morgan fingerprint density at radius 3 is 2.44 bits per heavy atom. The minimum Gasteiger partial charge on any atom is -0.390 e. The van der Waals surface area contributed by atoms with Gasteiger partial charge < -0.3 is 15.1 Å². The van der Waals surface area contributed by atoms with E-state index in [0.717, 1.165) is 0 Å². The van der Waals surface area contributed by atoms with Crippen molar-refractivity contribution in [3.05, 3.63) is 12.4 Å². The van der Waals surface area contributed by atoms with E-state index in [9.17, 15) is 10.2 Å². The first-order chi connectivity index (χ1) is 7.65. The summed E-state index contributed by atoms with van der Waals surface area (Å²) in [5, 5.41) is 18.7. The highest BCUT2D eigenvalue weighted by molar-refractivity contribution is 6.18. The third-order valence-corrected chi connectivity index (χ3v) is 2.96. The molecule has 0 aromatic heterocycles. The lowest BCUT2D eigenvalue weighted by atomic mass is 10.3. The fraction of sp³-hybridized carbons (Fsp3) is 0.700. The molecule has 0 fully saturated rings. The van der Waals surface area contributed by atoms with E-state index in [1.165, 1.54) is 0 Å². The van der Waals surface area contributed by atoms with E-state index >= 15 is 0 Å². The summed E-state index contributed by atoms with van der Waals surface area (Å²) in [7, 11) is 0. The monoisotopic (exact) mass is 267 g/mol. The normalized spacial score (nSPS) is 19.5. The van der Waals surface area contributed by atoms with Crippen LogP contribution in [-0.2, 0) is 0 Å². The third-order valence-electron chi connectivity index (χ3n) is 2.24. The largest absolute Gasteiger partial charge is 0.390 e. The van der Waals surface area contributed by atoms with E-state index in [1.54, 1.807) is 0 Å². The van der Waals surface area contributed by atoms with Crippen LogP contribution in [-0.4, -0.2) is 69.5 Å². The second kappa shape index (κ2) is 7.12. The van der Waals surface area contributed by atoms with Gasteiger partial charge in [0.15, 0.2) is 19.0 Å². The van der Waals surface area contributed by atoms with Crippen molar-refractivity contribution in [2.24, 2.45) is 0 Å². The second-order valence-electron chi connectivity index (χ2n) is 3.75. The number of hydrogen-bond donors (Lipinski definition) is 2. The fourth-order valence-corrected chi connectivity index (χ4v) is 1.59. The van der Waals surface area contributed by atoms with Crippen LogP contribution in [0.15, 0.2) is 12.4 Å². The highest BCUT2D eigenvalue weighted by Crippen LogP contribution is 2.00. The van der Waals surface area contributed by atoms with Crippen LogP contribution in [0.2, 0.25) is 0 Å². The zero-order valence-corrected chi connectivity index (χ0v) is 10.5. The molecule has 2 N–H and O–H groups in total. The van der Waals surface area contributed by atoms with Gasteiger partial charge in [0, 0.05) is 6.54 Å². The van der Waals surface area contributed by atoms with E-state index in [0.29, 0.717) is 19.6 Å². The smallest absolute Gasteiger partial charge is 0.184 e. The molecule has 0 aliphatic carbocycles. The molecule has 1 rings (SSSR count). The van der Waals surface area contributed by atoms with Crippen molar-refractivity contribution in [3.63, 3.8) is 0 Å². The lowest BCUT2D eigenvalue weighted by molar-refractivity contribution is -0.466. The molecule has 92 valence electrons. The summed E-state index contributed by atoms with van der Waals surface area (Å²) in [5.74, 6) is 0.464. The fourth-order valence-electron chi connectivity index (χ4n) is 1.39. The Hall–Kier alpha value is -0.290. The number of aliphatic hydroxyl groups excluding tert-OH is 2. The highest BCUT2D eigenvalue weighted by Gasteiger charge is 2.15. The molecule has 2 atom stereocenters. The Bertz CT molecular complexity index is 272. The molecule has 1 heterocycles. The molecule has 0 radical (unpaired) electrons. The molecule has 2 unspecified atom stereocenters. The molecule has 1 aliphatic heterocycles. The predicted octanol–water partition coefficient (Wildman–Crippen LogP) is 0.0559. The number of rotatable bonds is 6. The minimum absolute atomic E-state index is 0.229. The van der Waals surface area contributed by atoms with Gasteiger partial charge in [0.25, 0.3) is 0 Å². The van der Waals surface area contributed by atoms with Crippen LogP contribution < -0.4 is 0 Å². The summed E-state index contributed by atoms with van der Waals surface area (Å²) >= 11 is 11.0. The van der Waals surface area contributed by atoms with E-state index in [2.05, 4.69) is 0 Å². The summed E-state index contributed by atoms with van der Waals surface area (Å²) in [5.41, 5.74) is 0. The summed E-state index contributed by atoms with van der Waals surface area (Å²) in [6, 6.07) is 0. The Morgan fingerprint density at radius 1 is 1.25 bits per heavy atom. The molecule has 0 aromatic carbocycles. The molecule has 16 heavy (non-hydrogen) atoms. The maximum absolute atomic E-state index is 9.37. The summed E-state index contributed by atoms with van der Waals surface area (Å²) in [6.45, 7) is 1.70. The maximum Gasteiger partial charge on any atom is 0.184 e. The van der Waals surface area contributed by atoms with Crippen LogP contribution in [0.4, 0.5) is 0 Å². The van der Waals surface area contributed by atoms with Crippen molar-refractivity contribution in [1.29, 1.82) is 0 Å². The van der Waals surface area contributed by atoms with E-state index in [-0.39, 0.29) is 11.8 Å². The van der Waals surface area contributed by atoms with Gasteiger partial charge in [0.05, 0.1) is 30.6 Å². The van der Waals surface area contributed by atoms with Gasteiger partial charge in [-0.05, 0) is 0 Å². The third kappa shape index (κ3) is 4.70. The Labute approximate surface area is 105 Å². The van der Waals surface area contributed by atoms with E-state index in [4.69, 9.17) is 23.2 Å². The first-order valence-electron chi connectivity index (χ1n) is 5.15. The Balaban J connectivity index is 2.35. The van der Waals surface area contributed by atoms with Gasteiger partial charge in [-0.15, -0.1) is 23.2 Å². The van der Waals surface area contributed by atoms with Crippen molar-refractivity contribution in [2.45, 2.75) is 12.2 Å². The topological polar surface area (TPSA) is 46.7 Å². The minimum atomic E-state index is -0.525. The first-order valence-corrected chi connectivity index (χ1v) is 6.22. The zero-order valence-electron chi connectivity index (χ0n) is 8.97. The molecule has 0 amide bonds. The van der Waals surface area contributed by atoms with Gasteiger partial charge in [-0.3, -0.25) is 0 Å². The zero-order chi connectivity index (χ0) is 12.0. The average Bonchev–Trinajstić information content (AvgIpc) is 2.31. The number of nitrogens with zero attached hydrogens (tertiary/aromatic N) is 2. The summed E-state index contributed by atoms with van der Waals surface area (Å²) in [4.78, 5) is 1.95. The van der Waals surface area contributed by atoms with Crippen LogP contribution in [0.3, 0.4) is 0 Å². The molecule has 0 aromatic rings. The molecule has 0 saturated heterocycles. The Morgan fingerprint density at radius 2 is 1.94 bits per heavy atom. The SMILES string of the molecule is OC(CCl)CN1C=C[N+](CC(O)CCl)=CC1. The van der Waals surface area contributed by atoms with Crippen molar-refractivity contribution in [3.8, 4) is 0 Å². The average molecular weight is 268 g/mol. The van der Waals surface area contributed by atoms with Crippen molar-refractivity contribution < 1.29 is 14.8 Å². The number of halogens is 2. The van der Waals surface area contributed by atoms with Gasteiger partial charge in [0.2, 0.25) is 0 Å². The lowest BCUT2D eigenvalue weighted by Gasteiger charge is -2.21. The molecule has 6 heteroatoms. The molecule has 1 aliphatic rings. The van der Waals surface area contributed by atoms with Gasteiger partial charge in [-0.2, -0.15) is 0 Å². The van der Waals surface area contributed by atoms with Crippen LogP contribution in [0, 0.1) is 0 Å². The molecule has 0 saturated carbocycles. The number of hydrogen-bond acceptors (Lipinski definition) is 3. The van der Waals surface area contributed by atoms with Crippen molar-refractivity contribution >= 4 is 29.4 Å². The maximum atomic E-state index is 9.37. The van der Waals surface area contributed by atoms with E-state index in [1.807, 2.05) is 28.1 Å². The quantitative estimate of drug-likeness (QED) is 0.529. The molecular weight excluding hydrogens is 251 g/mol. The molecule has 4 nitrogen and oxygen atoms in total. The van der Waals surface area contributed by atoms with Crippen LogP contribution in [0.5, 0.6) is 0 Å². The number of alkyl halides is 2. The van der Waals surface area contributed by atoms with Gasteiger partial charge >= 0.3 is 0 Å². The van der Waals surface area contributed by atoms with Gasteiger partial charge in [-0.1, -0.05) is 0 Å². The lowest BCUT2D eigenvalue weighted by Crippen LogP contribution is -2.36. The highest BCUT2D eigenvalue weighted by atomic mass is 35.5. The summed E-state index contributed by atoms with van der Waals surface area (Å²) < 4.78 is 1.89. The van der Waals surface area contributed by atoms with Crippen LogP contribution >= 0.6 is 23.2 Å². The molecule has 0 spiro atoms. The van der Waals surface area contributed by atoms with Crippen molar-refractivity contribution in [1.82, 2.24) is 4.90 Å².